The first-order valence-electron chi connectivity index (χ1n) is 12.9. The molecular weight excluding hydrogens is 470 g/mol. The van der Waals surface area contributed by atoms with Crippen LogP contribution in [-0.4, -0.2) is 51.7 Å². The minimum absolute atomic E-state index is 0.282. The van der Waals surface area contributed by atoms with E-state index in [1.165, 1.54) is 26.0 Å². The first-order valence-corrected chi connectivity index (χ1v) is 12.9. The van der Waals surface area contributed by atoms with E-state index in [0.29, 0.717) is 18.4 Å². The predicted octanol–water partition coefficient (Wildman–Crippen LogP) is 2.92. The topological polar surface area (TPSA) is 113 Å². The van der Waals surface area contributed by atoms with Gasteiger partial charge in [0.1, 0.15) is 11.7 Å². The Morgan fingerprint density at radius 2 is 1.86 bits per heavy atom. The van der Waals surface area contributed by atoms with Crippen LogP contribution >= 0.6 is 0 Å². The zero-order chi connectivity index (χ0) is 27.1. The van der Waals surface area contributed by atoms with Gasteiger partial charge in [0.05, 0.1) is 11.5 Å². The molecule has 1 heterocycles. The number of carbonyl (C=O) groups is 3. The number of amides is 1. The number of aliphatic hydroxyl groups is 2. The van der Waals surface area contributed by atoms with Gasteiger partial charge in [-0.15, -0.1) is 0 Å². The Morgan fingerprint density at radius 1 is 1.19 bits per heavy atom. The Kier molecular flexibility index (Phi) is 7.32. The van der Waals surface area contributed by atoms with Crippen molar-refractivity contribution >= 4 is 17.7 Å². The molecule has 0 bridgehead atoms. The fraction of sp³-hybridized carbons (Fsp3) is 0.500. The number of benzene rings is 1. The number of ketones is 1. The van der Waals surface area contributed by atoms with Crippen LogP contribution in [0.1, 0.15) is 39.7 Å². The van der Waals surface area contributed by atoms with Crippen molar-refractivity contribution in [2.45, 2.75) is 64.4 Å². The third-order valence-electron chi connectivity index (χ3n) is 8.52. The number of aliphatic hydroxyl groups excluding tert-OH is 1. The van der Waals surface area contributed by atoms with Crippen LogP contribution in [0.25, 0.3) is 0 Å². The van der Waals surface area contributed by atoms with Crippen LogP contribution in [0.5, 0.6) is 0 Å². The molecule has 1 spiro atoms. The van der Waals surface area contributed by atoms with Crippen molar-refractivity contribution < 1.29 is 29.3 Å². The highest BCUT2D eigenvalue weighted by atomic mass is 16.5. The van der Waals surface area contributed by atoms with E-state index in [1.807, 2.05) is 37.3 Å². The SMILES string of the molecule is C=C1[C@@H](C)[C@H]2[C@H](Cc3ccccc3)NC(=O)[C@]23[C@H](O)/C=C\[C@@](C)(O)C(=O)[C@@H](C)C/C=C\[C@H]3[C@@H]1OC(C)=O. The van der Waals surface area contributed by atoms with Crippen molar-refractivity contribution in [2.24, 2.45) is 29.1 Å². The van der Waals surface area contributed by atoms with Crippen LogP contribution in [0.15, 0.2) is 66.8 Å². The molecule has 3 N–H and O–H groups in total. The molecule has 37 heavy (non-hydrogen) atoms. The maximum atomic E-state index is 14.1. The third-order valence-corrected chi connectivity index (χ3v) is 8.52. The Labute approximate surface area is 218 Å². The van der Waals surface area contributed by atoms with Gasteiger partial charge in [0, 0.05) is 30.7 Å². The zero-order valence-corrected chi connectivity index (χ0v) is 21.9. The summed E-state index contributed by atoms with van der Waals surface area (Å²) in [6.07, 6.45) is 4.90. The van der Waals surface area contributed by atoms with Gasteiger partial charge in [0.25, 0.3) is 0 Å². The monoisotopic (exact) mass is 507 g/mol. The maximum Gasteiger partial charge on any atom is 0.303 e. The van der Waals surface area contributed by atoms with Crippen LogP contribution in [0.4, 0.5) is 0 Å². The van der Waals surface area contributed by atoms with Crippen LogP contribution in [0.2, 0.25) is 0 Å². The van der Waals surface area contributed by atoms with Crippen molar-refractivity contribution in [3.05, 3.63) is 72.4 Å². The first kappa shape index (κ1) is 27.0. The van der Waals surface area contributed by atoms with Gasteiger partial charge in [-0.25, -0.2) is 0 Å². The summed E-state index contributed by atoms with van der Waals surface area (Å²) >= 11 is 0. The number of ether oxygens (including phenoxy) is 1. The van der Waals surface area contributed by atoms with Crippen molar-refractivity contribution in [3.63, 3.8) is 0 Å². The summed E-state index contributed by atoms with van der Waals surface area (Å²) in [4.78, 5) is 39.1. The van der Waals surface area contributed by atoms with Crippen molar-refractivity contribution in [3.8, 4) is 0 Å². The second-order valence-electron chi connectivity index (χ2n) is 11.0. The lowest BCUT2D eigenvalue weighted by Gasteiger charge is -2.52. The highest BCUT2D eigenvalue weighted by molar-refractivity contribution is 5.91. The molecule has 2 aliphatic carbocycles. The van der Waals surface area contributed by atoms with Gasteiger partial charge in [-0.2, -0.15) is 0 Å². The first-order chi connectivity index (χ1) is 17.4. The van der Waals surface area contributed by atoms with Crippen molar-refractivity contribution in [2.75, 3.05) is 0 Å². The molecule has 1 amide bonds. The summed E-state index contributed by atoms with van der Waals surface area (Å²) < 4.78 is 5.76. The Balaban J connectivity index is 1.91. The van der Waals surface area contributed by atoms with Gasteiger partial charge in [0.15, 0.2) is 5.78 Å². The molecule has 7 heteroatoms. The molecule has 1 aliphatic heterocycles. The van der Waals surface area contributed by atoms with Crippen molar-refractivity contribution in [1.29, 1.82) is 0 Å². The number of esters is 1. The van der Waals surface area contributed by atoms with Gasteiger partial charge >= 0.3 is 5.97 Å². The normalized spacial score (nSPS) is 41.6. The van der Waals surface area contributed by atoms with Crippen molar-refractivity contribution in [1.82, 2.24) is 5.32 Å². The molecule has 0 aromatic heterocycles. The lowest BCUT2D eigenvalue weighted by molar-refractivity contribution is -0.163. The number of hydrogen-bond donors (Lipinski definition) is 3. The summed E-state index contributed by atoms with van der Waals surface area (Å²) in [6.45, 7) is 10.7. The minimum Gasteiger partial charge on any atom is -0.457 e. The third kappa shape index (κ3) is 4.59. The molecule has 1 saturated heterocycles. The molecule has 0 unspecified atom stereocenters. The number of Topliss-reactive ketones (excluding diaryl/α,β-unsaturated/α-hetero) is 1. The fourth-order valence-corrected chi connectivity index (χ4v) is 6.69. The molecule has 1 saturated carbocycles. The molecule has 7 nitrogen and oxygen atoms in total. The van der Waals surface area contributed by atoms with E-state index >= 15 is 0 Å². The lowest BCUT2D eigenvalue weighted by Crippen LogP contribution is -2.60. The van der Waals surface area contributed by atoms with E-state index in [9.17, 15) is 24.6 Å². The molecular formula is C30H37NO6. The number of hydrogen-bond acceptors (Lipinski definition) is 6. The number of rotatable bonds is 3. The van der Waals surface area contributed by atoms with E-state index in [0.717, 1.165) is 5.56 Å². The van der Waals surface area contributed by atoms with E-state index in [1.54, 1.807) is 19.1 Å². The van der Waals surface area contributed by atoms with Gasteiger partial charge in [-0.1, -0.05) is 69.0 Å². The quantitative estimate of drug-likeness (QED) is 0.428. The Hall–Kier alpha value is -3.03. The Bertz CT molecular complexity index is 1140. The van der Waals surface area contributed by atoms with Crippen LogP contribution < -0.4 is 5.32 Å². The molecule has 198 valence electrons. The molecule has 1 aromatic rings. The molecule has 1 aromatic carbocycles. The van der Waals surface area contributed by atoms with E-state index < -0.39 is 46.9 Å². The second-order valence-corrected chi connectivity index (χ2v) is 11.0. The highest BCUT2D eigenvalue weighted by Crippen LogP contribution is 2.58. The predicted molar refractivity (Wildman–Crippen MR) is 139 cm³/mol. The number of allylic oxidation sites excluding steroid dienone is 1. The highest BCUT2D eigenvalue weighted by Gasteiger charge is 2.68. The standard InChI is InChI=1S/C30H37NO6/c1-17-10-9-13-22-26(37-20(4)32)19(3)18(2)25-23(16-21-11-7-6-8-12-21)31-28(35)30(22,25)24(33)14-15-29(5,36)27(17)34/h6-9,11-15,17-18,22-26,33,36H,3,10,16H2,1-2,4-5H3,(H,31,35)/b13-9-,15-14-/t17-,18+,22-,23-,24+,25-,26+,29+,30+/m0/s1. The number of carbonyl (C=O) groups excluding carboxylic acids is 3. The average Bonchev–Trinajstić information content (AvgIpc) is 3.13. The van der Waals surface area contributed by atoms with Crippen LogP contribution in [-0.2, 0) is 25.5 Å². The van der Waals surface area contributed by atoms with Crippen LogP contribution in [0.3, 0.4) is 0 Å². The summed E-state index contributed by atoms with van der Waals surface area (Å²) in [5.74, 6) is -3.14. The molecule has 0 radical (unpaired) electrons. The van der Waals surface area contributed by atoms with E-state index in [4.69, 9.17) is 4.74 Å². The molecule has 3 aliphatic rings. The van der Waals surface area contributed by atoms with E-state index in [-0.39, 0.29) is 23.7 Å². The minimum atomic E-state index is -1.81. The second kappa shape index (κ2) is 10.0. The van der Waals surface area contributed by atoms with Gasteiger partial charge in [-0.3, -0.25) is 14.4 Å². The largest absolute Gasteiger partial charge is 0.457 e. The van der Waals surface area contributed by atoms with Crippen LogP contribution in [0, 0.1) is 29.1 Å². The Morgan fingerprint density at radius 3 is 2.51 bits per heavy atom. The smallest absolute Gasteiger partial charge is 0.303 e. The summed E-state index contributed by atoms with van der Waals surface area (Å²) in [7, 11) is 0. The van der Waals surface area contributed by atoms with Gasteiger partial charge in [0.2, 0.25) is 5.91 Å². The maximum absolute atomic E-state index is 14.1. The summed E-state index contributed by atoms with van der Waals surface area (Å²) in [5, 5.41) is 25.9. The number of nitrogens with one attached hydrogen (secondary N) is 1. The lowest BCUT2D eigenvalue weighted by atomic mass is 9.51. The van der Waals surface area contributed by atoms with E-state index in [2.05, 4.69) is 11.9 Å². The van der Waals surface area contributed by atoms with Gasteiger partial charge < -0.3 is 20.3 Å². The summed E-state index contributed by atoms with van der Waals surface area (Å²) in [6, 6.07) is 9.50. The average molecular weight is 508 g/mol. The molecule has 2 fully saturated rings. The molecule has 9 atom stereocenters. The summed E-state index contributed by atoms with van der Waals surface area (Å²) in [5.41, 5.74) is -1.50. The fourth-order valence-electron chi connectivity index (χ4n) is 6.69. The molecule has 4 rings (SSSR count). The zero-order valence-electron chi connectivity index (χ0n) is 21.9. The van der Waals surface area contributed by atoms with Gasteiger partial charge in [-0.05, 0) is 42.9 Å².